The number of rotatable bonds is 6. The van der Waals surface area contributed by atoms with Gasteiger partial charge in [0.2, 0.25) is 5.91 Å². The topological polar surface area (TPSA) is 55.1 Å². The molecule has 0 radical (unpaired) electrons. The summed E-state index contributed by atoms with van der Waals surface area (Å²) in [6.45, 7) is 9.18. The molecule has 0 fully saturated rings. The third kappa shape index (κ3) is 6.73. The smallest absolute Gasteiger partial charge is 0.221 e. The fourth-order valence-electron chi connectivity index (χ4n) is 2.06. The molecular formula is C15H26N2OS. The highest BCUT2D eigenvalue weighted by Crippen LogP contribution is 2.21. The van der Waals surface area contributed by atoms with Gasteiger partial charge in [0.05, 0.1) is 6.54 Å². The molecule has 1 aromatic rings. The van der Waals surface area contributed by atoms with Crippen molar-refractivity contribution in [3.8, 4) is 0 Å². The standard InChI is InChI=1S/C15H26N2OS/c1-5-12-6-7-13(19-12)10-17-14(18)8-11(16)9-15(2,3)4/h6-7,11H,5,8-10,16H2,1-4H3,(H,17,18). The maximum atomic E-state index is 11.8. The van der Waals surface area contributed by atoms with Crippen LogP contribution in [0.15, 0.2) is 12.1 Å². The van der Waals surface area contributed by atoms with E-state index >= 15 is 0 Å². The lowest BCUT2D eigenvalue weighted by atomic mass is 9.87. The number of nitrogens with two attached hydrogens (primary N) is 1. The first-order chi connectivity index (χ1) is 8.80. The molecule has 1 rings (SSSR count). The van der Waals surface area contributed by atoms with E-state index < -0.39 is 0 Å². The van der Waals surface area contributed by atoms with Crippen LogP contribution in [-0.2, 0) is 17.8 Å². The van der Waals surface area contributed by atoms with Crippen molar-refractivity contribution in [3.05, 3.63) is 21.9 Å². The molecule has 0 bridgehead atoms. The monoisotopic (exact) mass is 282 g/mol. The fourth-order valence-corrected chi connectivity index (χ4v) is 2.96. The summed E-state index contributed by atoms with van der Waals surface area (Å²) in [6, 6.07) is 4.14. The molecule has 0 aliphatic carbocycles. The minimum Gasteiger partial charge on any atom is -0.351 e. The second kappa shape index (κ2) is 7.06. The Morgan fingerprint density at radius 3 is 2.53 bits per heavy atom. The van der Waals surface area contributed by atoms with Gasteiger partial charge >= 0.3 is 0 Å². The number of carbonyl (C=O) groups is 1. The molecule has 0 aliphatic rings. The van der Waals surface area contributed by atoms with Crippen molar-refractivity contribution in [2.45, 2.75) is 59.5 Å². The highest BCUT2D eigenvalue weighted by atomic mass is 32.1. The van der Waals surface area contributed by atoms with E-state index in [4.69, 9.17) is 5.73 Å². The Bertz CT molecular complexity index is 407. The van der Waals surface area contributed by atoms with Crippen molar-refractivity contribution < 1.29 is 4.79 Å². The van der Waals surface area contributed by atoms with Crippen LogP contribution in [-0.4, -0.2) is 11.9 Å². The summed E-state index contributed by atoms with van der Waals surface area (Å²) in [5.41, 5.74) is 6.17. The molecule has 3 nitrogen and oxygen atoms in total. The van der Waals surface area contributed by atoms with Crippen LogP contribution in [0.25, 0.3) is 0 Å². The summed E-state index contributed by atoms with van der Waals surface area (Å²) in [6.07, 6.45) is 2.32. The maximum Gasteiger partial charge on any atom is 0.221 e. The Morgan fingerprint density at radius 1 is 1.37 bits per heavy atom. The van der Waals surface area contributed by atoms with Crippen LogP contribution >= 0.6 is 11.3 Å². The van der Waals surface area contributed by atoms with Gasteiger partial charge in [0, 0.05) is 22.2 Å². The summed E-state index contributed by atoms with van der Waals surface area (Å²) in [5.74, 6) is 0.0446. The van der Waals surface area contributed by atoms with Gasteiger partial charge in [-0.1, -0.05) is 27.7 Å². The van der Waals surface area contributed by atoms with Gasteiger partial charge in [-0.15, -0.1) is 11.3 Å². The maximum absolute atomic E-state index is 11.8. The Labute approximate surface area is 120 Å². The molecule has 1 aromatic heterocycles. The number of amides is 1. The summed E-state index contributed by atoms with van der Waals surface area (Å²) >= 11 is 1.76. The van der Waals surface area contributed by atoms with Crippen molar-refractivity contribution >= 4 is 17.2 Å². The number of hydrogen-bond donors (Lipinski definition) is 2. The summed E-state index contributed by atoms with van der Waals surface area (Å²) in [5, 5.41) is 2.94. The minimum atomic E-state index is -0.0606. The summed E-state index contributed by atoms with van der Waals surface area (Å²) < 4.78 is 0. The molecule has 0 aliphatic heterocycles. The van der Waals surface area contributed by atoms with Gasteiger partial charge in [-0.25, -0.2) is 0 Å². The second-order valence-corrected chi connectivity index (χ2v) is 7.48. The van der Waals surface area contributed by atoms with Crippen molar-refractivity contribution in [1.29, 1.82) is 0 Å². The van der Waals surface area contributed by atoms with Crippen molar-refractivity contribution in [2.24, 2.45) is 11.1 Å². The summed E-state index contributed by atoms with van der Waals surface area (Å²) in [7, 11) is 0. The van der Waals surface area contributed by atoms with Gasteiger partial charge in [-0.05, 0) is 30.4 Å². The van der Waals surface area contributed by atoms with Gasteiger partial charge < -0.3 is 11.1 Å². The van der Waals surface area contributed by atoms with Gasteiger partial charge in [0.15, 0.2) is 0 Å². The SMILES string of the molecule is CCc1ccc(CNC(=O)CC(N)CC(C)(C)C)s1. The highest BCUT2D eigenvalue weighted by molar-refractivity contribution is 7.11. The first-order valence-electron chi connectivity index (χ1n) is 6.90. The lowest BCUT2D eigenvalue weighted by Crippen LogP contribution is -2.33. The molecule has 4 heteroatoms. The van der Waals surface area contributed by atoms with E-state index in [9.17, 15) is 4.79 Å². The van der Waals surface area contributed by atoms with E-state index in [1.165, 1.54) is 9.75 Å². The number of hydrogen-bond acceptors (Lipinski definition) is 3. The van der Waals surface area contributed by atoms with Gasteiger partial charge in [0.25, 0.3) is 0 Å². The Kier molecular flexibility index (Phi) is 6.01. The van der Waals surface area contributed by atoms with E-state index in [0.717, 1.165) is 12.8 Å². The van der Waals surface area contributed by atoms with Gasteiger partial charge in [0.1, 0.15) is 0 Å². The quantitative estimate of drug-likeness (QED) is 0.842. The molecule has 0 saturated heterocycles. The third-order valence-corrected chi connectivity index (χ3v) is 4.08. The number of aryl methyl sites for hydroxylation is 1. The van der Waals surface area contributed by atoms with Crippen LogP contribution < -0.4 is 11.1 Å². The van der Waals surface area contributed by atoms with Crippen molar-refractivity contribution in [3.63, 3.8) is 0 Å². The molecule has 108 valence electrons. The average Bonchev–Trinajstić information content (AvgIpc) is 2.71. The fraction of sp³-hybridized carbons (Fsp3) is 0.667. The normalized spacial score (nSPS) is 13.3. The molecule has 1 unspecified atom stereocenters. The molecule has 0 saturated carbocycles. The van der Waals surface area contributed by atoms with Crippen LogP contribution in [0.3, 0.4) is 0 Å². The number of nitrogens with one attached hydrogen (secondary N) is 1. The van der Waals surface area contributed by atoms with E-state index in [0.29, 0.717) is 13.0 Å². The van der Waals surface area contributed by atoms with Crippen LogP contribution in [0.1, 0.15) is 50.3 Å². The number of thiophene rings is 1. The first-order valence-corrected chi connectivity index (χ1v) is 7.71. The van der Waals surface area contributed by atoms with E-state index in [1.807, 2.05) is 0 Å². The molecule has 1 atom stereocenters. The first kappa shape index (κ1) is 16.2. The zero-order valence-electron chi connectivity index (χ0n) is 12.5. The van der Waals surface area contributed by atoms with Crippen LogP contribution in [0.4, 0.5) is 0 Å². The summed E-state index contributed by atoms with van der Waals surface area (Å²) in [4.78, 5) is 14.4. The lowest BCUT2D eigenvalue weighted by molar-refractivity contribution is -0.121. The van der Waals surface area contributed by atoms with E-state index in [-0.39, 0.29) is 17.4 Å². The average molecular weight is 282 g/mol. The zero-order valence-corrected chi connectivity index (χ0v) is 13.3. The van der Waals surface area contributed by atoms with Crippen molar-refractivity contribution in [1.82, 2.24) is 5.32 Å². The van der Waals surface area contributed by atoms with Gasteiger partial charge in [-0.3, -0.25) is 4.79 Å². The van der Waals surface area contributed by atoms with Crippen LogP contribution in [0, 0.1) is 5.41 Å². The molecule has 19 heavy (non-hydrogen) atoms. The van der Waals surface area contributed by atoms with E-state index in [1.54, 1.807) is 11.3 Å². The lowest BCUT2D eigenvalue weighted by Gasteiger charge is -2.22. The predicted molar refractivity (Wildman–Crippen MR) is 82.2 cm³/mol. The minimum absolute atomic E-state index is 0.0446. The van der Waals surface area contributed by atoms with Gasteiger partial charge in [-0.2, -0.15) is 0 Å². The molecule has 1 heterocycles. The molecule has 0 aromatic carbocycles. The molecule has 1 amide bonds. The van der Waals surface area contributed by atoms with Crippen molar-refractivity contribution in [2.75, 3.05) is 0 Å². The molecule has 0 spiro atoms. The van der Waals surface area contributed by atoms with E-state index in [2.05, 4.69) is 45.1 Å². The van der Waals surface area contributed by atoms with Crippen LogP contribution in [0.2, 0.25) is 0 Å². The Balaban J connectivity index is 2.31. The van der Waals surface area contributed by atoms with Crippen LogP contribution in [0.5, 0.6) is 0 Å². The second-order valence-electron chi connectivity index (χ2n) is 6.23. The molecule has 3 N–H and O–H groups in total. The predicted octanol–water partition coefficient (Wildman–Crippen LogP) is 3.08. The third-order valence-electron chi connectivity index (χ3n) is 2.85. The molecular weight excluding hydrogens is 256 g/mol. The highest BCUT2D eigenvalue weighted by Gasteiger charge is 2.18. The zero-order chi connectivity index (χ0) is 14.5. The largest absolute Gasteiger partial charge is 0.351 e. The number of carbonyl (C=O) groups excluding carboxylic acids is 1. The Hall–Kier alpha value is -0.870. The Morgan fingerprint density at radius 2 is 2.00 bits per heavy atom.